The summed E-state index contributed by atoms with van der Waals surface area (Å²) in [6.07, 6.45) is 3.29. The van der Waals surface area contributed by atoms with Crippen molar-refractivity contribution in [2.24, 2.45) is 5.92 Å². The molecule has 0 spiro atoms. The third-order valence-electron chi connectivity index (χ3n) is 5.69. The lowest BCUT2D eigenvalue weighted by molar-refractivity contribution is -0.130. The minimum Gasteiger partial charge on any atom is -0.447 e. The van der Waals surface area contributed by atoms with Crippen LogP contribution in [-0.2, 0) is 9.53 Å². The van der Waals surface area contributed by atoms with Gasteiger partial charge in [0.1, 0.15) is 5.82 Å². The Hall–Kier alpha value is -3.07. The number of aromatic nitrogens is 3. The number of nitrogens with zero attached hydrogens (tertiary/aromatic N) is 3. The summed E-state index contributed by atoms with van der Waals surface area (Å²) in [5.41, 5.74) is 0.554. The minimum absolute atomic E-state index is 0.0960. The fourth-order valence-electron chi connectivity index (χ4n) is 3.82. The third kappa shape index (κ3) is 4.88. The standard InChI is InChI=1S/C23H25FN4O3S/c1-14-6-3-4-7-18(14)25-22(29)15(2)31-23(30)20-26-21(19-8-5-13-32-19)28(27-20)17-11-9-16(24)10-12-17/h5,8-15,18H,3-4,6-7H2,1-2H3,(H,25,29). The number of thiophene rings is 1. The van der Waals surface area contributed by atoms with E-state index in [0.717, 1.165) is 24.1 Å². The smallest absolute Gasteiger partial charge is 0.379 e. The van der Waals surface area contributed by atoms with E-state index in [1.165, 1.54) is 41.5 Å². The molecular weight excluding hydrogens is 431 g/mol. The Morgan fingerprint density at radius 3 is 2.66 bits per heavy atom. The highest BCUT2D eigenvalue weighted by atomic mass is 32.1. The summed E-state index contributed by atoms with van der Waals surface area (Å²) in [5.74, 6) is -0.818. The third-order valence-corrected chi connectivity index (χ3v) is 6.56. The number of esters is 1. The van der Waals surface area contributed by atoms with E-state index in [4.69, 9.17) is 4.74 Å². The lowest BCUT2D eigenvalue weighted by atomic mass is 9.86. The van der Waals surface area contributed by atoms with E-state index in [0.29, 0.717) is 17.4 Å². The average Bonchev–Trinajstić information content (AvgIpc) is 3.45. The van der Waals surface area contributed by atoms with Gasteiger partial charge >= 0.3 is 5.97 Å². The molecule has 3 aromatic rings. The van der Waals surface area contributed by atoms with Gasteiger partial charge in [-0.05, 0) is 61.4 Å². The number of hydrogen-bond acceptors (Lipinski definition) is 6. The van der Waals surface area contributed by atoms with E-state index in [1.54, 1.807) is 12.1 Å². The molecule has 1 amide bonds. The van der Waals surface area contributed by atoms with Crippen LogP contribution in [0.5, 0.6) is 0 Å². The van der Waals surface area contributed by atoms with E-state index < -0.39 is 12.1 Å². The highest BCUT2D eigenvalue weighted by Crippen LogP contribution is 2.26. The van der Waals surface area contributed by atoms with E-state index in [9.17, 15) is 14.0 Å². The van der Waals surface area contributed by atoms with Crippen LogP contribution in [0.4, 0.5) is 4.39 Å². The normalized spacial score (nSPS) is 19.3. The van der Waals surface area contributed by atoms with Gasteiger partial charge < -0.3 is 10.1 Å². The SMILES string of the molecule is CC(OC(=O)c1nc(-c2cccs2)n(-c2ccc(F)cc2)n1)C(=O)NC1CCCCC1C. The van der Waals surface area contributed by atoms with Gasteiger partial charge in [-0.15, -0.1) is 16.4 Å². The first kappa shape index (κ1) is 22.1. The molecule has 168 valence electrons. The van der Waals surface area contributed by atoms with Crippen LogP contribution < -0.4 is 5.32 Å². The molecule has 3 atom stereocenters. The van der Waals surface area contributed by atoms with Crippen LogP contribution >= 0.6 is 11.3 Å². The molecule has 32 heavy (non-hydrogen) atoms. The Kier molecular flexibility index (Phi) is 6.64. The summed E-state index contributed by atoms with van der Waals surface area (Å²) in [7, 11) is 0. The molecule has 1 aliphatic carbocycles. The van der Waals surface area contributed by atoms with Gasteiger partial charge in [0.2, 0.25) is 0 Å². The number of ether oxygens (including phenoxy) is 1. The molecule has 3 unspecified atom stereocenters. The highest BCUT2D eigenvalue weighted by molar-refractivity contribution is 7.13. The van der Waals surface area contributed by atoms with Crippen LogP contribution in [0, 0.1) is 11.7 Å². The van der Waals surface area contributed by atoms with Crippen molar-refractivity contribution < 1.29 is 18.7 Å². The maximum absolute atomic E-state index is 13.4. The maximum atomic E-state index is 13.4. The number of carbonyl (C=O) groups is 2. The molecule has 9 heteroatoms. The number of rotatable bonds is 6. The first-order chi connectivity index (χ1) is 15.4. The van der Waals surface area contributed by atoms with Crippen molar-refractivity contribution in [2.75, 3.05) is 0 Å². The van der Waals surface area contributed by atoms with Gasteiger partial charge in [0.05, 0.1) is 10.6 Å². The van der Waals surface area contributed by atoms with Crippen molar-refractivity contribution in [1.29, 1.82) is 0 Å². The van der Waals surface area contributed by atoms with Crippen molar-refractivity contribution in [2.45, 2.75) is 51.7 Å². The van der Waals surface area contributed by atoms with Gasteiger partial charge in [0, 0.05) is 6.04 Å². The van der Waals surface area contributed by atoms with Crippen LogP contribution in [0.2, 0.25) is 0 Å². The zero-order chi connectivity index (χ0) is 22.7. The van der Waals surface area contributed by atoms with Crippen molar-refractivity contribution >= 4 is 23.2 Å². The second-order valence-corrected chi connectivity index (χ2v) is 9.00. The number of hydrogen-bond donors (Lipinski definition) is 1. The van der Waals surface area contributed by atoms with Crippen LogP contribution in [0.3, 0.4) is 0 Å². The lowest BCUT2D eigenvalue weighted by Crippen LogP contribution is -2.46. The Bertz CT molecular complexity index is 1080. The quantitative estimate of drug-likeness (QED) is 0.557. The van der Waals surface area contributed by atoms with E-state index >= 15 is 0 Å². The van der Waals surface area contributed by atoms with Crippen molar-refractivity contribution in [1.82, 2.24) is 20.1 Å². The van der Waals surface area contributed by atoms with Crippen molar-refractivity contribution in [3.05, 3.63) is 53.4 Å². The Morgan fingerprint density at radius 2 is 1.97 bits per heavy atom. The molecule has 1 N–H and O–H groups in total. The van der Waals surface area contributed by atoms with E-state index in [2.05, 4.69) is 22.3 Å². The first-order valence-corrected chi connectivity index (χ1v) is 11.6. The first-order valence-electron chi connectivity index (χ1n) is 10.7. The van der Waals surface area contributed by atoms with Gasteiger partial charge in [-0.25, -0.2) is 13.9 Å². The number of amides is 1. The Labute approximate surface area is 189 Å². The van der Waals surface area contributed by atoms with Gasteiger partial charge in [-0.1, -0.05) is 25.8 Å². The topological polar surface area (TPSA) is 86.1 Å². The molecule has 2 aromatic heterocycles. The number of carbonyl (C=O) groups excluding carboxylic acids is 2. The lowest BCUT2D eigenvalue weighted by Gasteiger charge is -2.30. The summed E-state index contributed by atoms with van der Waals surface area (Å²) < 4.78 is 20.2. The second-order valence-electron chi connectivity index (χ2n) is 8.05. The van der Waals surface area contributed by atoms with Crippen LogP contribution in [0.1, 0.15) is 50.1 Å². The number of benzene rings is 1. The molecule has 2 heterocycles. The van der Waals surface area contributed by atoms with Crippen molar-refractivity contribution in [3.8, 4) is 16.4 Å². The molecule has 0 bridgehead atoms. The van der Waals surface area contributed by atoms with E-state index in [-0.39, 0.29) is 23.6 Å². The van der Waals surface area contributed by atoms with Gasteiger partial charge in [0.15, 0.2) is 11.9 Å². The maximum Gasteiger partial charge on any atom is 0.379 e. The fourth-order valence-corrected chi connectivity index (χ4v) is 4.52. The zero-order valence-corrected chi connectivity index (χ0v) is 18.8. The molecule has 1 aromatic carbocycles. The molecule has 0 radical (unpaired) electrons. The number of nitrogens with one attached hydrogen (secondary N) is 1. The molecular formula is C23H25FN4O3S. The van der Waals surface area contributed by atoms with E-state index in [1.807, 2.05) is 17.5 Å². The molecule has 1 aliphatic rings. The highest BCUT2D eigenvalue weighted by Gasteiger charge is 2.28. The summed E-state index contributed by atoms with van der Waals surface area (Å²) in [5, 5.41) is 9.17. The predicted octanol–water partition coefficient (Wildman–Crippen LogP) is 4.38. The Morgan fingerprint density at radius 1 is 1.22 bits per heavy atom. The monoisotopic (exact) mass is 456 g/mol. The van der Waals surface area contributed by atoms with Crippen LogP contribution in [-0.4, -0.2) is 38.8 Å². The summed E-state index contributed by atoms with van der Waals surface area (Å²) in [6, 6.07) is 9.54. The molecule has 1 fully saturated rings. The average molecular weight is 457 g/mol. The van der Waals surface area contributed by atoms with Gasteiger partial charge in [0.25, 0.3) is 11.7 Å². The fraction of sp³-hybridized carbons (Fsp3) is 0.391. The predicted molar refractivity (Wildman–Crippen MR) is 119 cm³/mol. The van der Waals surface area contributed by atoms with Gasteiger partial charge in [-0.3, -0.25) is 4.79 Å². The molecule has 0 aliphatic heterocycles. The molecule has 1 saturated carbocycles. The zero-order valence-electron chi connectivity index (χ0n) is 18.0. The number of halogens is 1. The largest absolute Gasteiger partial charge is 0.447 e. The summed E-state index contributed by atoms with van der Waals surface area (Å²) in [4.78, 5) is 30.5. The minimum atomic E-state index is -0.973. The van der Waals surface area contributed by atoms with Crippen LogP contribution in [0.25, 0.3) is 16.4 Å². The van der Waals surface area contributed by atoms with Crippen LogP contribution in [0.15, 0.2) is 41.8 Å². The second kappa shape index (κ2) is 9.60. The molecule has 7 nitrogen and oxygen atoms in total. The van der Waals surface area contributed by atoms with Gasteiger partial charge in [-0.2, -0.15) is 4.98 Å². The van der Waals surface area contributed by atoms with Crippen molar-refractivity contribution in [3.63, 3.8) is 0 Å². The summed E-state index contributed by atoms with van der Waals surface area (Å²) >= 11 is 1.44. The molecule has 4 rings (SSSR count). The molecule has 0 saturated heterocycles. The summed E-state index contributed by atoms with van der Waals surface area (Å²) in [6.45, 7) is 3.66. The Balaban J connectivity index is 1.51.